The summed E-state index contributed by atoms with van der Waals surface area (Å²) in [6, 6.07) is 14.2. The lowest BCUT2D eigenvalue weighted by Gasteiger charge is -2.11. The molecule has 0 aliphatic rings. The van der Waals surface area contributed by atoms with E-state index in [0.717, 1.165) is 21.2 Å². The number of benzene rings is 2. The standard InChI is InChI=1S/C22H19BrN2O4S/c1-14-10-15(2)21(18(23)11-14)28-13-20(26)25-24-12-16-5-7-17(8-6-16)29-22(27)19-4-3-9-30-19/h3-12H,13H2,1-2H3,(H,25,26). The van der Waals surface area contributed by atoms with Gasteiger partial charge in [-0.2, -0.15) is 5.10 Å². The molecule has 30 heavy (non-hydrogen) atoms. The molecule has 1 amide bonds. The number of aryl methyl sites for hydroxylation is 2. The highest BCUT2D eigenvalue weighted by Crippen LogP contribution is 2.30. The lowest BCUT2D eigenvalue weighted by atomic mass is 10.1. The molecule has 1 N–H and O–H groups in total. The van der Waals surface area contributed by atoms with Gasteiger partial charge in [0.15, 0.2) is 6.61 Å². The molecule has 1 heterocycles. The molecule has 0 saturated carbocycles. The van der Waals surface area contributed by atoms with E-state index in [1.807, 2.05) is 31.4 Å². The number of carbonyl (C=O) groups is 2. The third-order valence-corrected chi connectivity index (χ3v) is 5.38. The van der Waals surface area contributed by atoms with Crippen LogP contribution in [0.15, 0.2) is 63.5 Å². The van der Waals surface area contributed by atoms with Crippen LogP contribution in [-0.4, -0.2) is 24.7 Å². The Morgan fingerprint density at radius 3 is 2.60 bits per heavy atom. The van der Waals surface area contributed by atoms with Gasteiger partial charge in [0.2, 0.25) is 0 Å². The van der Waals surface area contributed by atoms with Crippen LogP contribution >= 0.6 is 27.3 Å². The summed E-state index contributed by atoms with van der Waals surface area (Å²) in [5.74, 6) is 0.295. The largest absolute Gasteiger partial charge is 0.482 e. The summed E-state index contributed by atoms with van der Waals surface area (Å²) < 4.78 is 11.7. The van der Waals surface area contributed by atoms with E-state index < -0.39 is 5.97 Å². The van der Waals surface area contributed by atoms with Gasteiger partial charge in [-0.15, -0.1) is 11.3 Å². The minimum absolute atomic E-state index is 0.155. The van der Waals surface area contributed by atoms with Crippen LogP contribution in [0.2, 0.25) is 0 Å². The Hall–Kier alpha value is -2.97. The predicted octanol–water partition coefficient (Wildman–Crippen LogP) is 4.88. The number of esters is 1. The van der Waals surface area contributed by atoms with E-state index in [-0.39, 0.29) is 12.5 Å². The molecule has 0 aliphatic carbocycles. The molecule has 0 spiro atoms. The number of ether oxygens (including phenoxy) is 2. The van der Waals surface area contributed by atoms with Crippen molar-refractivity contribution in [1.29, 1.82) is 0 Å². The molecule has 0 radical (unpaired) electrons. The van der Waals surface area contributed by atoms with Crippen LogP contribution in [0, 0.1) is 13.8 Å². The second kappa shape index (κ2) is 10.2. The second-order valence-electron chi connectivity index (χ2n) is 6.41. The third-order valence-electron chi connectivity index (χ3n) is 3.94. The lowest BCUT2D eigenvalue weighted by Crippen LogP contribution is -2.24. The maximum Gasteiger partial charge on any atom is 0.353 e. The van der Waals surface area contributed by atoms with Gasteiger partial charge in [0.05, 0.1) is 10.7 Å². The number of hydrogen-bond acceptors (Lipinski definition) is 6. The quantitative estimate of drug-likeness (QED) is 0.223. The molecule has 0 bridgehead atoms. The van der Waals surface area contributed by atoms with E-state index in [2.05, 4.69) is 26.5 Å². The van der Waals surface area contributed by atoms with Crippen LogP contribution in [0.5, 0.6) is 11.5 Å². The summed E-state index contributed by atoms with van der Waals surface area (Å²) in [4.78, 5) is 24.4. The number of hydrogen-bond donors (Lipinski definition) is 1. The first-order valence-electron chi connectivity index (χ1n) is 8.99. The van der Waals surface area contributed by atoms with Crippen molar-refractivity contribution in [3.63, 3.8) is 0 Å². The number of nitrogens with one attached hydrogen (secondary N) is 1. The van der Waals surface area contributed by atoms with Crippen LogP contribution in [0.3, 0.4) is 0 Å². The predicted molar refractivity (Wildman–Crippen MR) is 121 cm³/mol. The summed E-state index contributed by atoms with van der Waals surface area (Å²) in [5.41, 5.74) is 5.21. The fraction of sp³-hybridized carbons (Fsp3) is 0.136. The number of nitrogens with zero attached hydrogens (tertiary/aromatic N) is 1. The summed E-state index contributed by atoms with van der Waals surface area (Å²) in [5, 5.41) is 5.74. The summed E-state index contributed by atoms with van der Waals surface area (Å²) >= 11 is 4.77. The van der Waals surface area contributed by atoms with Crippen molar-refractivity contribution < 1.29 is 19.1 Å². The number of carbonyl (C=O) groups excluding carboxylic acids is 2. The van der Waals surface area contributed by atoms with Crippen LogP contribution in [-0.2, 0) is 4.79 Å². The third kappa shape index (κ3) is 6.01. The minimum Gasteiger partial charge on any atom is -0.482 e. The van der Waals surface area contributed by atoms with Crippen LogP contribution in [0.1, 0.15) is 26.4 Å². The molecule has 0 atom stereocenters. The maximum atomic E-state index is 12.0. The van der Waals surface area contributed by atoms with E-state index in [1.165, 1.54) is 17.6 Å². The number of hydrazone groups is 1. The normalized spacial score (nSPS) is 10.8. The van der Waals surface area contributed by atoms with Gasteiger partial charge >= 0.3 is 5.97 Å². The summed E-state index contributed by atoms with van der Waals surface area (Å²) in [6.45, 7) is 3.76. The molecule has 0 saturated heterocycles. The van der Waals surface area contributed by atoms with Gasteiger partial charge < -0.3 is 9.47 Å². The Morgan fingerprint density at radius 2 is 1.93 bits per heavy atom. The van der Waals surface area contributed by atoms with Gasteiger partial charge in [-0.3, -0.25) is 4.79 Å². The van der Waals surface area contributed by atoms with Crippen molar-refractivity contribution >= 4 is 45.4 Å². The smallest absolute Gasteiger partial charge is 0.353 e. The zero-order chi connectivity index (χ0) is 21.5. The Bertz CT molecular complexity index is 1040. The van der Waals surface area contributed by atoms with Gasteiger partial charge in [0.25, 0.3) is 5.91 Å². The molecule has 2 aromatic carbocycles. The first kappa shape index (κ1) is 21.7. The van der Waals surface area contributed by atoms with Crippen molar-refractivity contribution in [2.75, 3.05) is 6.61 Å². The molecule has 3 aromatic rings. The zero-order valence-electron chi connectivity index (χ0n) is 16.3. The van der Waals surface area contributed by atoms with Crippen molar-refractivity contribution in [3.8, 4) is 11.5 Å². The Kier molecular flexibility index (Phi) is 7.37. The van der Waals surface area contributed by atoms with Crippen LogP contribution in [0.4, 0.5) is 0 Å². The Balaban J connectivity index is 1.48. The fourth-order valence-corrected chi connectivity index (χ4v) is 4.00. The molecule has 3 rings (SSSR count). The second-order valence-corrected chi connectivity index (χ2v) is 8.21. The minimum atomic E-state index is -0.394. The number of thiophene rings is 1. The number of amides is 1. The van der Waals surface area contributed by atoms with Crippen molar-refractivity contribution in [2.24, 2.45) is 5.10 Å². The summed E-state index contributed by atoms with van der Waals surface area (Å²) in [7, 11) is 0. The number of halogens is 1. The van der Waals surface area contributed by atoms with Gasteiger partial charge in [0, 0.05) is 0 Å². The number of rotatable bonds is 7. The van der Waals surface area contributed by atoms with Gasteiger partial charge in [-0.05, 0) is 88.2 Å². The average molecular weight is 487 g/mol. The van der Waals surface area contributed by atoms with E-state index >= 15 is 0 Å². The SMILES string of the molecule is Cc1cc(C)c(OCC(=O)NN=Cc2ccc(OC(=O)c3cccs3)cc2)c(Br)c1. The highest BCUT2D eigenvalue weighted by Gasteiger charge is 2.10. The maximum absolute atomic E-state index is 12.0. The molecular weight excluding hydrogens is 468 g/mol. The monoisotopic (exact) mass is 486 g/mol. The molecular formula is C22H19BrN2O4S. The van der Waals surface area contributed by atoms with Crippen molar-refractivity contribution in [2.45, 2.75) is 13.8 Å². The topological polar surface area (TPSA) is 77.0 Å². The van der Waals surface area contributed by atoms with Crippen molar-refractivity contribution in [3.05, 3.63) is 80.0 Å². The molecule has 6 nitrogen and oxygen atoms in total. The van der Waals surface area contributed by atoms with Gasteiger partial charge in [-0.1, -0.05) is 12.1 Å². The highest BCUT2D eigenvalue weighted by atomic mass is 79.9. The summed E-state index contributed by atoms with van der Waals surface area (Å²) in [6.07, 6.45) is 1.50. The fourth-order valence-electron chi connectivity index (χ4n) is 2.61. The first-order chi connectivity index (χ1) is 14.4. The average Bonchev–Trinajstić information content (AvgIpc) is 3.23. The van der Waals surface area contributed by atoms with Crippen LogP contribution in [0.25, 0.3) is 0 Å². The van der Waals surface area contributed by atoms with Crippen LogP contribution < -0.4 is 14.9 Å². The molecule has 0 aliphatic heterocycles. The van der Waals surface area contributed by atoms with Crippen molar-refractivity contribution in [1.82, 2.24) is 5.43 Å². The lowest BCUT2D eigenvalue weighted by molar-refractivity contribution is -0.123. The van der Waals surface area contributed by atoms with E-state index in [4.69, 9.17) is 9.47 Å². The Labute approximate surface area is 186 Å². The highest BCUT2D eigenvalue weighted by molar-refractivity contribution is 9.10. The zero-order valence-corrected chi connectivity index (χ0v) is 18.7. The molecule has 0 unspecified atom stereocenters. The van der Waals surface area contributed by atoms with E-state index in [9.17, 15) is 9.59 Å². The first-order valence-corrected chi connectivity index (χ1v) is 10.7. The molecule has 154 valence electrons. The van der Waals surface area contributed by atoms with E-state index in [1.54, 1.807) is 36.4 Å². The van der Waals surface area contributed by atoms with E-state index in [0.29, 0.717) is 16.4 Å². The van der Waals surface area contributed by atoms with Gasteiger partial charge in [-0.25, -0.2) is 10.2 Å². The molecule has 8 heteroatoms. The molecule has 1 aromatic heterocycles. The Morgan fingerprint density at radius 1 is 1.17 bits per heavy atom. The molecule has 0 fully saturated rings. The van der Waals surface area contributed by atoms with Gasteiger partial charge in [0.1, 0.15) is 16.4 Å².